The van der Waals surface area contributed by atoms with E-state index < -0.39 is 5.54 Å². The summed E-state index contributed by atoms with van der Waals surface area (Å²) in [5.41, 5.74) is 4.62. The number of rotatable bonds is 10. The molecule has 0 saturated heterocycles. The van der Waals surface area contributed by atoms with Crippen LogP contribution in [0.15, 0.2) is 0 Å². The van der Waals surface area contributed by atoms with Crippen LogP contribution in [0.25, 0.3) is 0 Å². The van der Waals surface area contributed by atoms with Crippen molar-refractivity contribution in [3.63, 3.8) is 0 Å². The van der Waals surface area contributed by atoms with E-state index in [1.54, 1.807) is 6.92 Å². The molecular formula is C18H38N2O3S. The molecule has 144 valence electrons. The summed E-state index contributed by atoms with van der Waals surface area (Å²) in [5.74, 6) is -0.148. The van der Waals surface area contributed by atoms with Gasteiger partial charge in [-0.05, 0) is 71.8 Å². The fourth-order valence-corrected chi connectivity index (χ4v) is 2.85. The average molecular weight is 363 g/mol. The zero-order valence-corrected chi connectivity index (χ0v) is 17.9. The largest absolute Gasteiger partial charge is 0.375 e. The standard InChI is InChI=1S/C18H38N2O3S/c1-15(2,3)22-13-16(4,5)12-17(6,7)20-14(21)18(8,19)10-11-23-24-9/h10-13,19H2,1-9H3,(H,20,21). The van der Waals surface area contributed by atoms with Crippen molar-refractivity contribution in [3.8, 4) is 0 Å². The normalized spacial score (nSPS) is 15.9. The number of amides is 1. The van der Waals surface area contributed by atoms with E-state index >= 15 is 0 Å². The molecule has 1 unspecified atom stereocenters. The molecular weight excluding hydrogens is 324 g/mol. The zero-order valence-electron chi connectivity index (χ0n) is 17.0. The molecule has 0 aromatic heterocycles. The molecule has 0 fully saturated rings. The van der Waals surface area contributed by atoms with Crippen molar-refractivity contribution in [1.82, 2.24) is 5.32 Å². The van der Waals surface area contributed by atoms with Crippen molar-refractivity contribution in [2.45, 2.75) is 84.9 Å². The summed E-state index contributed by atoms with van der Waals surface area (Å²) in [7, 11) is 0. The summed E-state index contributed by atoms with van der Waals surface area (Å²) >= 11 is 1.28. The van der Waals surface area contributed by atoms with E-state index in [0.717, 1.165) is 6.42 Å². The maximum atomic E-state index is 12.5. The lowest BCUT2D eigenvalue weighted by atomic mass is 9.80. The molecule has 24 heavy (non-hydrogen) atoms. The summed E-state index contributed by atoms with van der Waals surface area (Å²) < 4.78 is 11.2. The molecule has 0 aromatic carbocycles. The highest BCUT2D eigenvalue weighted by Crippen LogP contribution is 2.30. The Labute approximate surface area is 153 Å². The maximum Gasteiger partial charge on any atom is 0.240 e. The van der Waals surface area contributed by atoms with Gasteiger partial charge in [0.2, 0.25) is 5.91 Å². The number of ether oxygens (including phenoxy) is 1. The van der Waals surface area contributed by atoms with Crippen molar-refractivity contribution in [3.05, 3.63) is 0 Å². The molecule has 6 heteroatoms. The Morgan fingerprint density at radius 1 is 1.08 bits per heavy atom. The van der Waals surface area contributed by atoms with Crippen molar-refractivity contribution >= 4 is 17.9 Å². The van der Waals surface area contributed by atoms with Crippen molar-refractivity contribution < 1.29 is 13.7 Å². The van der Waals surface area contributed by atoms with Crippen LogP contribution >= 0.6 is 12.0 Å². The monoisotopic (exact) mass is 362 g/mol. The Morgan fingerprint density at radius 3 is 2.08 bits per heavy atom. The predicted octanol–water partition coefficient (Wildman–Crippen LogP) is 3.51. The molecule has 0 bridgehead atoms. The first-order chi connectivity index (χ1) is 10.6. The van der Waals surface area contributed by atoms with E-state index in [2.05, 4.69) is 19.2 Å². The van der Waals surface area contributed by atoms with Crippen molar-refractivity contribution in [2.75, 3.05) is 19.5 Å². The van der Waals surface area contributed by atoms with Gasteiger partial charge in [-0.2, -0.15) is 0 Å². The second-order valence-electron chi connectivity index (χ2n) is 9.24. The maximum absolute atomic E-state index is 12.5. The molecule has 0 aromatic rings. The topological polar surface area (TPSA) is 73.6 Å². The quantitative estimate of drug-likeness (QED) is 0.459. The highest BCUT2D eigenvalue weighted by molar-refractivity contribution is 7.93. The van der Waals surface area contributed by atoms with Crippen LogP contribution in [-0.2, 0) is 13.7 Å². The Kier molecular flexibility index (Phi) is 8.77. The van der Waals surface area contributed by atoms with Crippen molar-refractivity contribution in [2.24, 2.45) is 11.1 Å². The number of nitrogens with two attached hydrogens (primary N) is 1. The third-order valence-corrected chi connectivity index (χ3v) is 4.01. The van der Waals surface area contributed by atoms with E-state index in [1.807, 2.05) is 40.9 Å². The number of carbonyl (C=O) groups excluding carboxylic acids is 1. The van der Waals surface area contributed by atoms with Crippen LogP contribution in [0.4, 0.5) is 0 Å². The Morgan fingerprint density at radius 2 is 1.62 bits per heavy atom. The Balaban J connectivity index is 4.68. The smallest absolute Gasteiger partial charge is 0.240 e. The van der Waals surface area contributed by atoms with E-state index in [4.69, 9.17) is 14.7 Å². The highest BCUT2D eigenvalue weighted by Gasteiger charge is 2.36. The number of hydrogen-bond acceptors (Lipinski definition) is 5. The summed E-state index contributed by atoms with van der Waals surface area (Å²) in [6.07, 6.45) is 3.12. The van der Waals surface area contributed by atoms with E-state index in [9.17, 15) is 4.79 Å². The van der Waals surface area contributed by atoms with Gasteiger partial charge in [-0.25, -0.2) is 0 Å². The number of nitrogens with one attached hydrogen (secondary N) is 1. The first-order valence-corrected chi connectivity index (χ1v) is 9.66. The number of hydrogen-bond donors (Lipinski definition) is 2. The molecule has 3 N–H and O–H groups in total. The molecule has 1 atom stereocenters. The Bertz CT molecular complexity index is 402. The summed E-state index contributed by atoms with van der Waals surface area (Å²) in [5, 5.41) is 3.09. The van der Waals surface area contributed by atoms with Gasteiger partial charge < -0.3 is 20.0 Å². The lowest BCUT2D eigenvalue weighted by Gasteiger charge is -2.38. The van der Waals surface area contributed by atoms with Gasteiger partial charge in [0.25, 0.3) is 0 Å². The fraction of sp³-hybridized carbons (Fsp3) is 0.944. The van der Waals surface area contributed by atoms with Crippen LogP contribution in [0.3, 0.4) is 0 Å². The molecule has 0 spiro atoms. The van der Waals surface area contributed by atoms with Crippen molar-refractivity contribution in [1.29, 1.82) is 0 Å². The van der Waals surface area contributed by atoms with Crippen LogP contribution in [0.5, 0.6) is 0 Å². The molecule has 0 heterocycles. The molecule has 5 nitrogen and oxygen atoms in total. The van der Waals surface area contributed by atoms with Crippen LogP contribution in [0, 0.1) is 5.41 Å². The van der Waals surface area contributed by atoms with Gasteiger partial charge in [-0.1, -0.05) is 13.8 Å². The minimum absolute atomic E-state index is 0.0585. The lowest BCUT2D eigenvalue weighted by molar-refractivity contribution is -0.128. The van der Waals surface area contributed by atoms with Gasteiger partial charge in [-0.15, -0.1) is 0 Å². The first kappa shape index (κ1) is 23.7. The molecule has 0 radical (unpaired) electrons. The summed E-state index contributed by atoms with van der Waals surface area (Å²) in [4.78, 5) is 12.5. The molecule has 0 aliphatic heterocycles. The third kappa shape index (κ3) is 10.5. The molecule has 0 aliphatic carbocycles. The van der Waals surface area contributed by atoms with E-state index in [0.29, 0.717) is 19.6 Å². The molecule has 1 amide bonds. The summed E-state index contributed by atoms with van der Waals surface area (Å²) in [6, 6.07) is 0. The second kappa shape index (κ2) is 8.88. The minimum Gasteiger partial charge on any atom is -0.375 e. The van der Waals surface area contributed by atoms with Crippen LogP contribution in [0.1, 0.15) is 68.2 Å². The van der Waals surface area contributed by atoms with Gasteiger partial charge in [0.15, 0.2) is 0 Å². The van der Waals surface area contributed by atoms with E-state index in [1.165, 1.54) is 12.0 Å². The molecule has 0 aliphatic rings. The SMILES string of the molecule is CSOCCC(C)(N)C(=O)NC(C)(C)CC(C)(C)COC(C)(C)C. The summed E-state index contributed by atoms with van der Waals surface area (Å²) in [6.45, 7) is 17.3. The van der Waals surface area contributed by atoms with Crippen LogP contribution < -0.4 is 11.1 Å². The van der Waals surface area contributed by atoms with E-state index in [-0.39, 0.29) is 22.5 Å². The first-order valence-electron chi connectivity index (χ1n) is 8.51. The van der Waals surface area contributed by atoms with Crippen LogP contribution in [0.2, 0.25) is 0 Å². The van der Waals surface area contributed by atoms with Gasteiger partial charge in [-0.3, -0.25) is 4.79 Å². The highest BCUT2D eigenvalue weighted by atomic mass is 32.2. The molecule has 0 saturated carbocycles. The lowest BCUT2D eigenvalue weighted by Crippen LogP contribution is -2.58. The van der Waals surface area contributed by atoms with Gasteiger partial charge >= 0.3 is 0 Å². The predicted molar refractivity (Wildman–Crippen MR) is 103 cm³/mol. The Hall–Kier alpha value is -0.300. The zero-order chi connectivity index (χ0) is 19.2. The number of carbonyl (C=O) groups is 1. The van der Waals surface area contributed by atoms with Gasteiger partial charge in [0.1, 0.15) is 0 Å². The second-order valence-corrected chi connectivity index (χ2v) is 9.81. The van der Waals surface area contributed by atoms with Gasteiger partial charge in [0, 0.05) is 11.8 Å². The fourth-order valence-electron chi connectivity index (χ4n) is 2.60. The minimum atomic E-state index is -0.945. The van der Waals surface area contributed by atoms with Crippen LogP contribution in [-0.4, -0.2) is 42.1 Å². The molecule has 0 rings (SSSR count). The third-order valence-electron chi connectivity index (χ3n) is 3.61. The van der Waals surface area contributed by atoms with Gasteiger partial charge in [0.05, 0.1) is 24.4 Å². The average Bonchev–Trinajstić information content (AvgIpc) is 2.34.